The van der Waals surface area contributed by atoms with Crippen LogP contribution in [0.5, 0.6) is 5.75 Å². The molecule has 0 aliphatic heterocycles. The van der Waals surface area contributed by atoms with Crippen molar-refractivity contribution in [2.75, 3.05) is 13.2 Å². The third kappa shape index (κ3) is 5.46. The maximum Gasteiger partial charge on any atom is 0.120 e. The van der Waals surface area contributed by atoms with Crippen molar-refractivity contribution < 1.29 is 9.84 Å². The summed E-state index contributed by atoms with van der Waals surface area (Å²) in [6.07, 6.45) is 1.19. The summed E-state index contributed by atoms with van der Waals surface area (Å²) in [6.45, 7) is 2.72. The Morgan fingerprint density at radius 2 is 2.14 bits per heavy atom. The van der Waals surface area contributed by atoms with Gasteiger partial charge in [-0.05, 0) is 37.3 Å². The van der Waals surface area contributed by atoms with E-state index in [0.29, 0.717) is 6.54 Å². The molecule has 1 heterocycles. The largest absolute Gasteiger partial charge is 0.491 e. The van der Waals surface area contributed by atoms with Crippen molar-refractivity contribution >= 4 is 15.9 Å². The molecule has 21 heavy (non-hydrogen) atoms. The SMILES string of the molecule is C[C@@H](NCC(O)COc1cccc(Br)c1)c1ccccn1. The minimum Gasteiger partial charge on any atom is -0.491 e. The number of hydrogen-bond donors (Lipinski definition) is 2. The summed E-state index contributed by atoms with van der Waals surface area (Å²) in [5.41, 5.74) is 0.956. The molecule has 0 saturated carbocycles. The molecule has 5 heteroatoms. The van der Waals surface area contributed by atoms with Crippen LogP contribution >= 0.6 is 15.9 Å². The van der Waals surface area contributed by atoms with Gasteiger partial charge >= 0.3 is 0 Å². The third-order valence-electron chi connectivity index (χ3n) is 3.03. The second-order valence-corrected chi connectivity index (χ2v) is 5.72. The summed E-state index contributed by atoms with van der Waals surface area (Å²) in [5.74, 6) is 0.737. The topological polar surface area (TPSA) is 54.4 Å². The number of halogens is 1. The number of rotatable bonds is 7. The molecule has 0 aliphatic rings. The number of nitrogens with one attached hydrogen (secondary N) is 1. The van der Waals surface area contributed by atoms with E-state index in [1.54, 1.807) is 6.20 Å². The standard InChI is InChI=1S/C16H19BrN2O2/c1-12(16-7-2-3-8-18-16)19-10-14(20)11-21-15-6-4-5-13(17)9-15/h2-9,12,14,19-20H,10-11H2,1H3/t12-,14?/m1/s1. The molecule has 0 radical (unpaired) electrons. The van der Waals surface area contributed by atoms with Gasteiger partial charge in [-0.3, -0.25) is 4.98 Å². The van der Waals surface area contributed by atoms with E-state index in [4.69, 9.17) is 4.74 Å². The van der Waals surface area contributed by atoms with Crippen LogP contribution < -0.4 is 10.1 Å². The molecule has 4 nitrogen and oxygen atoms in total. The maximum atomic E-state index is 9.96. The summed E-state index contributed by atoms with van der Waals surface area (Å²) < 4.78 is 6.51. The number of nitrogens with zero attached hydrogens (tertiary/aromatic N) is 1. The van der Waals surface area contributed by atoms with Gasteiger partial charge in [0.2, 0.25) is 0 Å². The maximum absolute atomic E-state index is 9.96. The summed E-state index contributed by atoms with van der Waals surface area (Å²) in [4.78, 5) is 4.28. The van der Waals surface area contributed by atoms with Crippen LogP contribution in [0.3, 0.4) is 0 Å². The van der Waals surface area contributed by atoms with Crippen LogP contribution in [0.15, 0.2) is 53.1 Å². The number of benzene rings is 1. The van der Waals surface area contributed by atoms with E-state index in [-0.39, 0.29) is 12.6 Å². The van der Waals surface area contributed by atoms with Crippen LogP contribution in [0, 0.1) is 0 Å². The quantitative estimate of drug-likeness (QED) is 0.805. The summed E-state index contributed by atoms with van der Waals surface area (Å²) >= 11 is 3.38. The van der Waals surface area contributed by atoms with Gasteiger partial charge in [-0.1, -0.05) is 28.1 Å². The predicted molar refractivity (Wildman–Crippen MR) is 86.3 cm³/mol. The van der Waals surface area contributed by atoms with E-state index in [9.17, 15) is 5.11 Å². The lowest BCUT2D eigenvalue weighted by atomic mass is 10.2. The van der Waals surface area contributed by atoms with E-state index < -0.39 is 6.10 Å². The number of aromatic nitrogens is 1. The Balaban J connectivity index is 1.73. The van der Waals surface area contributed by atoms with Gasteiger partial charge in [0, 0.05) is 23.3 Å². The Morgan fingerprint density at radius 1 is 1.29 bits per heavy atom. The monoisotopic (exact) mass is 350 g/mol. The Bertz CT molecular complexity index is 551. The summed E-state index contributed by atoms with van der Waals surface area (Å²) in [7, 11) is 0. The van der Waals surface area contributed by atoms with Crippen molar-refractivity contribution in [3.8, 4) is 5.75 Å². The summed E-state index contributed by atoms with van der Waals surface area (Å²) in [5, 5.41) is 13.2. The fourth-order valence-corrected chi connectivity index (χ4v) is 2.24. The highest BCUT2D eigenvalue weighted by Crippen LogP contribution is 2.17. The number of pyridine rings is 1. The van der Waals surface area contributed by atoms with Crippen molar-refractivity contribution in [3.05, 3.63) is 58.8 Å². The Labute approximate surface area is 133 Å². The first-order chi connectivity index (χ1) is 10.1. The lowest BCUT2D eigenvalue weighted by molar-refractivity contribution is 0.104. The molecule has 112 valence electrons. The molecular weight excluding hydrogens is 332 g/mol. The van der Waals surface area contributed by atoms with Gasteiger partial charge in [0.1, 0.15) is 18.5 Å². The minimum atomic E-state index is -0.574. The van der Waals surface area contributed by atoms with Crippen LogP contribution in [-0.4, -0.2) is 29.3 Å². The smallest absolute Gasteiger partial charge is 0.120 e. The molecule has 2 aromatic rings. The minimum absolute atomic E-state index is 0.0896. The van der Waals surface area contributed by atoms with Crippen LogP contribution in [0.2, 0.25) is 0 Å². The van der Waals surface area contributed by atoms with Gasteiger partial charge in [-0.2, -0.15) is 0 Å². The molecule has 2 rings (SSSR count). The average molecular weight is 351 g/mol. The predicted octanol–water partition coefficient (Wildman–Crippen LogP) is 2.93. The van der Waals surface area contributed by atoms with Crippen LogP contribution in [0.25, 0.3) is 0 Å². The fourth-order valence-electron chi connectivity index (χ4n) is 1.86. The second kappa shape index (κ2) is 8.12. The molecule has 0 spiro atoms. The van der Waals surface area contributed by atoms with E-state index >= 15 is 0 Å². The first-order valence-corrected chi connectivity index (χ1v) is 7.65. The molecule has 0 bridgehead atoms. The number of aliphatic hydroxyl groups is 1. The van der Waals surface area contributed by atoms with E-state index in [1.165, 1.54) is 0 Å². The van der Waals surface area contributed by atoms with Gasteiger partial charge in [-0.25, -0.2) is 0 Å². The normalized spacial score (nSPS) is 13.7. The number of ether oxygens (including phenoxy) is 1. The molecule has 1 aromatic heterocycles. The van der Waals surface area contributed by atoms with Gasteiger partial charge in [0.15, 0.2) is 0 Å². The Kier molecular flexibility index (Phi) is 6.17. The van der Waals surface area contributed by atoms with Gasteiger partial charge < -0.3 is 15.2 Å². The van der Waals surface area contributed by atoms with Crippen LogP contribution in [0.1, 0.15) is 18.7 Å². The Hall–Kier alpha value is -1.43. The zero-order valence-electron chi connectivity index (χ0n) is 11.9. The lowest BCUT2D eigenvalue weighted by Crippen LogP contribution is -2.33. The lowest BCUT2D eigenvalue weighted by Gasteiger charge is -2.17. The molecule has 0 saturated heterocycles. The van der Waals surface area contributed by atoms with Gasteiger partial charge in [-0.15, -0.1) is 0 Å². The van der Waals surface area contributed by atoms with Gasteiger partial charge in [0.05, 0.1) is 5.69 Å². The molecule has 1 unspecified atom stereocenters. The van der Waals surface area contributed by atoms with Crippen molar-refractivity contribution in [3.63, 3.8) is 0 Å². The van der Waals surface area contributed by atoms with Crippen molar-refractivity contribution in [2.24, 2.45) is 0 Å². The zero-order valence-corrected chi connectivity index (χ0v) is 13.5. The first-order valence-electron chi connectivity index (χ1n) is 6.86. The second-order valence-electron chi connectivity index (χ2n) is 4.81. The van der Waals surface area contributed by atoms with Crippen molar-refractivity contribution in [1.82, 2.24) is 10.3 Å². The molecule has 2 atom stereocenters. The highest BCUT2D eigenvalue weighted by molar-refractivity contribution is 9.10. The molecule has 1 aromatic carbocycles. The van der Waals surface area contributed by atoms with E-state index in [0.717, 1.165) is 15.9 Å². The van der Waals surface area contributed by atoms with Crippen molar-refractivity contribution in [1.29, 1.82) is 0 Å². The molecule has 2 N–H and O–H groups in total. The number of hydrogen-bond acceptors (Lipinski definition) is 4. The van der Waals surface area contributed by atoms with Crippen molar-refractivity contribution in [2.45, 2.75) is 19.1 Å². The molecule has 0 aliphatic carbocycles. The fraction of sp³-hybridized carbons (Fsp3) is 0.312. The molecular formula is C16H19BrN2O2. The van der Waals surface area contributed by atoms with Crippen LogP contribution in [0.4, 0.5) is 0 Å². The van der Waals surface area contributed by atoms with E-state index in [2.05, 4.69) is 26.2 Å². The molecule has 0 amide bonds. The highest BCUT2D eigenvalue weighted by Gasteiger charge is 2.10. The number of aliphatic hydroxyl groups excluding tert-OH is 1. The van der Waals surface area contributed by atoms with E-state index in [1.807, 2.05) is 49.4 Å². The average Bonchev–Trinajstić information content (AvgIpc) is 2.51. The summed E-state index contributed by atoms with van der Waals surface area (Å²) in [6, 6.07) is 13.4. The zero-order chi connectivity index (χ0) is 15.1. The first kappa shape index (κ1) is 15.9. The Morgan fingerprint density at radius 3 is 2.86 bits per heavy atom. The van der Waals surface area contributed by atoms with Crippen LogP contribution in [-0.2, 0) is 0 Å². The third-order valence-corrected chi connectivity index (χ3v) is 3.52. The van der Waals surface area contributed by atoms with Gasteiger partial charge in [0.25, 0.3) is 0 Å². The highest BCUT2D eigenvalue weighted by atomic mass is 79.9. The molecule has 0 fully saturated rings.